The van der Waals surface area contributed by atoms with Gasteiger partial charge in [0, 0.05) is 47.7 Å². The Morgan fingerprint density at radius 3 is 2.61 bits per heavy atom. The summed E-state index contributed by atoms with van der Waals surface area (Å²) in [6.45, 7) is 2.54. The Balaban J connectivity index is 1.11. The predicted octanol–water partition coefficient (Wildman–Crippen LogP) is 3.34. The Bertz CT molecular complexity index is 1530. The zero-order valence-electron chi connectivity index (χ0n) is 20.5. The molecule has 2 aromatic heterocycles. The van der Waals surface area contributed by atoms with Crippen LogP contribution in [0.1, 0.15) is 70.9 Å². The first-order chi connectivity index (χ1) is 18.4. The molecule has 11 heteroatoms. The van der Waals surface area contributed by atoms with Crippen LogP contribution in [0.25, 0.3) is 0 Å². The number of fused-ring (bicyclic) bond motifs is 1. The van der Waals surface area contributed by atoms with Gasteiger partial charge in [-0.15, -0.1) is 0 Å². The normalized spacial score (nSPS) is 24.1. The summed E-state index contributed by atoms with van der Waals surface area (Å²) in [6, 6.07) is 9.01. The minimum atomic E-state index is -0.368. The number of halogens is 1. The summed E-state index contributed by atoms with van der Waals surface area (Å²) in [5, 5.41) is 26.9. The van der Waals surface area contributed by atoms with E-state index >= 15 is 0 Å². The van der Waals surface area contributed by atoms with Gasteiger partial charge in [-0.25, -0.2) is 9.97 Å². The molecule has 6 rings (SSSR count). The summed E-state index contributed by atoms with van der Waals surface area (Å²) in [7, 11) is 0. The highest BCUT2D eigenvalue weighted by atomic mass is 35.5. The number of hydrogen-bond acceptors (Lipinski definition) is 7. The van der Waals surface area contributed by atoms with Crippen molar-refractivity contribution in [2.24, 2.45) is 11.8 Å². The molecule has 2 aliphatic carbocycles. The largest absolute Gasteiger partial charge is 0.349 e. The van der Waals surface area contributed by atoms with Gasteiger partial charge in [-0.3, -0.25) is 19.2 Å². The molecule has 0 bridgehead atoms. The molecule has 38 heavy (non-hydrogen) atoms. The maximum Gasteiger partial charge on any atom is 0.256 e. The summed E-state index contributed by atoms with van der Waals surface area (Å²) in [5.41, 5.74) is 2.45. The molecule has 0 spiro atoms. The van der Waals surface area contributed by atoms with Crippen LogP contribution in [0.4, 0.5) is 5.95 Å². The number of hydrogen-bond donors (Lipinski definition) is 1. The van der Waals surface area contributed by atoms with Crippen molar-refractivity contribution >= 4 is 29.4 Å². The van der Waals surface area contributed by atoms with E-state index in [0.29, 0.717) is 41.8 Å². The summed E-state index contributed by atoms with van der Waals surface area (Å²) in [6.07, 6.45) is 7.18. The third kappa shape index (κ3) is 4.17. The van der Waals surface area contributed by atoms with Crippen LogP contribution in [0.2, 0.25) is 5.02 Å². The summed E-state index contributed by atoms with van der Waals surface area (Å²) >= 11 is 6.11. The summed E-state index contributed by atoms with van der Waals surface area (Å²) in [4.78, 5) is 35.7. The van der Waals surface area contributed by atoms with Crippen molar-refractivity contribution in [2.45, 2.75) is 44.2 Å². The number of anilines is 1. The first-order valence-electron chi connectivity index (χ1n) is 12.5. The van der Waals surface area contributed by atoms with E-state index in [-0.39, 0.29) is 47.0 Å². The van der Waals surface area contributed by atoms with Crippen molar-refractivity contribution in [3.8, 4) is 12.1 Å². The molecule has 1 saturated heterocycles. The fraction of sp³-hybridized carbons (Fsp3) is 0.370. The number of aromatic nitrogens is 4. The lowest BCUT2D eigenvalue weighted by atomic mass is 9.74. The average molecular weight is 527 g/mol. The van der Waals surface area contributed by atoms with Crippen LogP contribution in [0.15, 0.2) is 36.8 Å². The highest BCUT2D eigenvalue weighted by Crippen LogP contribution is 2.46. The van der Waals surface area contributed by atoms with Crippen molar-refractivity contribution in [1.29, 1.82) is 10.5 Å². The minimum absolute atomic E-state index is 0.0336. The number of piperidine rings is 1. The second-order valence-corrected chi connectivity index (χ2v) is 10.6. The van der Waals surface area contributed by atoms with Gasteiger partial charge in [0.1, 0.15) is 6.07 Å². The van der Waals surface area contributed by atoms with Gasteiger partial charge < -0.3 is 5.32 Å². The minimum Gasteiger partial charge on any atom is -0.349 e. The van der Waals surface area contributed by atoms with Gasteiger partial charge in [0.25, 0.3) is 5.91 Å². The zero-order valence-corrected chi connectivity index (χ0v) is 21.3. The van der Waals surface area contributed by atoms with Crippen LogP contribution in [-0.2, 0) is 4.79 Å². The van der Waals surface area contributed by atoms with Gasteiger partial charge in [-0.05, 0) is 61.8 Å². The van der Waals surface area contributed by atoms with E-state index in [2.05, 4.69) is 26.5 Å². The first-order valence-corrected chi connectivity index (χ1v) is 12.9. The van der Waals surface area contributed by atoms with E-state index in [9.17, 15) is 20.1 Å². The molecule has 1 aliphatic heterocycles. The molecule has 3 heterocycles. The van der Waals surface area contributed by atoms with Crippen LogP contribution < -0.4 is 10.2 Å². The van der Waals surface area contributed by atoms with Gasteiger partial charge in [-0.2, -0.15) is 15.6 Å². The lowest BCUT2D eigenvalue weighted by Gasteiger charge is -2.36. The number of nitrogens with one attached hydrogen (secondary N) is 1. The first kappa shape index (κ1) is 24.1. The summed E-state index contributed by atoms with van der Waals surface area (Å²) in [5.74, 6) is 0.820. The van der Waals surface area contributed by atoms with Gasteiger partial charge in [0.2, 0.25) is 11.9 Å². The molecule has 3 atom stereocenters. The quantitative estimate of drug-likeness (QED) is 0.519. The lowest BCUT2D eigenvalue weighted by molar-refractivity contribution is -0.118. The van der Waals surface area contributed by atoms with Crippen molar-refractivity contribution in [3.63, 3.8) is 0 Å². The predicted molar refractivity (Wildman–Crippen MR) is 136 cm³/mol. The monoisotopic (exact) mass is 526 g/mol. The van der Waals surface area contributed by atoms with Gasteiger partial charge >= 0.3 is 0 Å². The second-order valence-electron chi connectivity index (χ2n) is 10.2. The number of carbonyl (C=O) groups excluding carboxylic acids is 2. The fourth-order valence-electron chi connectivity index (χ4n) is 5.36. The number of carbonyl (C=O) groups is 2. The highest BCUT2D eigenvalue weighted by Gasteiger charge is 2.53. The molecular weight excluding hydrogens is 504 g/mol. The van der Waals surface area contributed by atoms with E-state index in [0.717, 1.165) is 17.5 Å². The maximum absolute atomic E-state index is 13.0. The summed E-state index contributed by atoms with van der Waals surface area (Å²) < 4.78 is 1.55. The molecule has 190 valence electrons. The van der Waals surface area contributed by atoms with Crippen molar-refractivity contribution in [1.82, 2.24) is 25.1 Å². The standard InChI is InChI=1S/C27H23ClN8O2/c1-14(18-10-31-27(32-11-18)35-12-17-6-22(17)26(35)38)36-13-23(24(9-30)34-36)25(37)33-20-4-16(5-20)21-7-19(28)3-2-15(21)8-29/h2-3,7,10-11,13-14,16-17,20,22H,4-6,12H2,1H3,(H,33,37)/t14-,16?,17+,20?,22+/m0/s1. The van der Waals surface area contributed by atoms with E-state index in [1.165, 1.54) is 0 Å². The fourth-order valence-corrected chi connectivity index (χ4v) is 5.54. The molecule has 3 fully saturated rings. The number of nitriles is 2. The van der Waals surface area contributed by atoms with Crippen LogP contribution in [0, 0.1) is 34.5 Å². The molecule has 3 aromatic rings. The average Bonchev–Trinajstić information content (AvgIpc) is 3.42. The Hall–Kier alpha value is -4.28. The molecular formula is C27H23ClN8O2. The Morgan fingerprint density at radius 2 is 1.95 bits per heavy atom. The lowest BCUT2D eigenvalue weighted by Crippen LogP contribution is -2.43. The van der Waals surface area contributed by atoms with Crippen molar-refractivity contribution in [3.05, 3.63) is 69.8 Å². The Kier molecular flexibility index (Phi) is 5.85. The molecule has 3 aliphatic rings. The van der Waals surface area contributed by atoms with Gasteiger partial charge in [0.15, 0.2) is 5.69 Å². The SMILES string of the molecule is C[C@@H](c1cnc(N2C[C@H]3C[C@H]3C2=O)nc1)n1cc(C(=O)NC2CC(c3cc(Cl)ccc3C#N)C2)c(C#N)n1. The van der Waals surface area contributed by atoms with Gasteiger partial charge in [-0.1, -0.05) is 11.6 Å². The van der Waals surface area contributed by atoms with E-state index in [4.69, 9.17) is 11.6 Å². The second kappa shape index (κ2) is 9.23. The smallest absolute Gasteiger partial charge is 0.256 e. The third-order valence-corrected chi connectivity index (χ3v) is 8.07. The Morgan fingerprint density at radius 1 is 1.18 bits per heavy atom. The highest BCUT2D eigenvalue weighted by molar-refractivity contribution is 6.30. The molecule has 1 aromatic carbocycles. The molecule has 10 nitrogen and oxygen atoms in total. The topological polar surface area (TPSA) is 141 Å². The van der Waals surface area contributed by atoms with Crippen molar-refractivity contribution in [2.75, 3.05) is 11.4 Å². The molecule has 0 unspecified atom stereocenters. The van der Waals surface area contributed by atoms with Crippen LogP contribution in [0.5, 0.6) is 0 Å². The molecule has 0 radical (unpaired) electrons. The number of nitrogens with zero attached hydrogens (tertiary/aromatic N) is 7. The number of rotatable bonds is 6. The van der Waals surface area contributed by atoms with Crippen LogP contribution in [-0.4, -0.2) is 44.1 Å². The third-order valence-electron chi connectivity index (χ3n) is 7.83. The number of benzene rings is 1. The van der Waals surface area contributed by atoms with E-state index in [1.54, 1.807) is 40.3 Å². The zero-order chi connectivity index (χ0) is 26.6. The van der Waals surface area contributed by atoms with E-state index < -0.39 is 0 Å². The van der Waals surface area contributed by atoms with Crippen LogP contribution in [0.3, 0.4) is 0 Å². The number of amides is 2. The molecule has 1 N–H and O–H groups in total. The Labute approximate surface area is 223 Å². The maximum atomic E-state index is 13.0. The molecule has 2 saturated carbocycles. The molecule has 2 amide bonds. The van der Waals surface area contributed by atoms with Crippen LogP contribution >= 0.6 is 11.6 Å². The van der Waals surface area contributed by atoms with Crippen molar-refractivity contribution < 1.29 is 9.59 Å². The van der Waals surface area contributed by atoms with Gasteiger partial charge in [0.05, 0.1) is 23.2 Å². The van der Waals surface area contributed by atoms with E-state index in [1.807, 2.05) is 19.1 Å².